The van der Waals surface area contributed by atoms with Gasteiger partial charge in [-0.2, -0.15) is 0 Å². The lowest BCUT2D eigenvalue weighted by atomic mass is 9.99. The van der Waals surface area contributed by atoms with Crippen molar-refractivity contribution in [3.63, 3.8) is 0 Å². The molecule has 3 aromatic rings. The first kappa shape index (κ1) is 18.3. The van der Waals surface area contributed by atoms with E-state index in [-0.39, 0.29) is 0 Å². The quantitative estimate of drug-likeness (QED) is 0.677. The van der Waals surface area contributed by atoms with Gasteiger partial charge in [0.1, 0.15) is 5.75 Å². The first-order valence-electron chi connectivity index (χ1n) is 9.77. The Balaban J connectivity index is 1.35. The fourth-order valence-electron chi connectivity index (χ4n) is 3.43. The van der Waals surface area contributed by atoms with Crippen LogP contribution in [-0.4, -0.2) is 30.4 Å². The number of anilines is 2. The maximum atomic E-state index is 5.77. The summed E-state index contributed by atoms with van der Waals surface area (Å²) >= 11 is 0. The van der Waals surface area contributed by atoms with E-state index in [0.29, 0.717) is 18.3 Å². The van der Waals surface area contributed by atoms with Crippen LogP contribution in [0.5, 0.6) is 5.75 Å². The van der Waals surface area contributed by atoms with Crippen molar-refractivity contribution >= 4 is 11.4 Å². The van der Waals surface area contributed by atoms with Gasteiger partial charge in [0, 0.05) is 30.0 Å². The number of ether oxygens (including phenoxy) is 1. The minimum absolute atomic E-state index is 0.484. The summed E-state index contributed by atoms with van der Waals surface area (Å²) in [7, 11) is 1.64. The Morgan fingerprint density at radius 3 is 2.64 bits per heavy atom. The third-order valence-corrected chi connectivity index (χ3v) is 5.24. The van der Waals surface area contributed by atoms with E-state index in [1.54, 1.807) is 7.11 Å². The van der Waals surface area contributed by atoms with Crippen molar-refractivity contribution in [1.29, 1.82) is 0 Å². The zero-order valence-electron chi connectivity index (χ0n) is 16.4. The highest BCUT2D eigenvalue weighted by molar-refractivity contribution is 5.56. The van der Waals surface area contributed by atoms with Gasteiger partial charge in [-0.05, 0) is 61.2 Å². The highest BCUT2D eigenvalue weighted by atomic mass is 16.5. The molecule has 146 valence electrons. The molecule has 0 amide bonds. The zero-order valence-corrected chi connectivity index (χ0v) is 16.4. The number of rotatable bonds is 6. The Morgan fingerprint density at radius 2 is 1.89 bits per heavy atom. The summed E-state index contributed by atoms with van der Waals surface area (Å²) in [5.41, 5.74) is 3.17. The summed E-state index contributed by atoms with van der Waals surface area (Å²) < 4.78 is 11.0. The van der Waals surface area contributed by atoms with Crippen molar-refractivity contribution in [1.82, 2.24) is 10.2 Å². The second-order valence-corrected chi connectivity index (χ2v) is 7.30. The van der Waals surface area contributed by atoms with Gasteiger partial charge in [-0.15, -0.1) is 10.2 Å². The molecule has 6 nitrogen and oxygen atoms in total. The molecule has 0 spiro atoms. The van der Waals surface area contributed by atoms with Crippen molar-refractivity contribution in [3.8, 4) is 17.2 Å². The minimum Gasteiger partial charge on any atom is -0.497 e. The van der Waals surface area contributed by atoms with Crippen LogP contribution in [0.3, 0.4) is 0 Å². The second kappa shape index (κ2) is 8.33. The van der Waals surface area contributed by atoms with E-state index in [9.17, 15) is 0 Å². The van der Waals surface area contributed by atoms with Gasteiger partial charge in [-0.1, -0.05) is 13.0 Å². The van der Waals surface area contributed by atoms with Crippen LogP contribution in [0.25, 0.3) is 11.5 Å². The van der Waals surface area contributed by atoms with E-state index in [2.05, 4.69) is 51.6 Å². The van der Waals surface area contributed by atoms with Crippen LogP contribution in [0, 0.1) is 5.92 Å². The van der Waals surface area contributed by atoms with Crippen LogP contribution >= 0.6 is 0 Å². The number of aromatic nitrogens is 2. The predicted octanol–water partition coefficient (Wildman–Crippen LogP) is 4.59. The van der Waals surface area contributed by atoms with E-state index in [1.165, 1.54) is 18.5 Å². The van der Waals surface area contributed by atoms with Gasteiger partial charge in [0.2, 0.25) is 11.8 Å². The fraction of sp³-hybridized carbons (Fsp3) is 0.364. The number of nitrogens with zero attached hydrogens (tertiary/aromatic N) is 3. The van der Waals surface area contributed by atoms with Crippen LogP contribution in [0.15, 0.2) is 52.9 Å². The van der Waals surface area contributed by atoms with E-state index in [4.69, 9.17) is 9.15 Å². The summed E-state index contributed by atoms with van der Waals surface area (Å²) in [5, 5.41) is 11.6. The summed E-state index contributed by atoms with van der Waals surface area (Å²) in [4.78, 5) is 2.46. The lowest BCUT2D eigenvalue weighted by molar-refractivity contribution is 0.414. The monoisotopic (exact) mass is 378 g/mol. The number of methoxy groups -OCH3 is 1. The van der Waals surface area contributed by atoms with Gasteiger partial charge in [-0.25, -0.2) is 0 Å². The Kier molecular flexibility index (Phi) is 5.46. The van der Waals surface area contributed by atoms with E-state index < -0.39 is 0 Å². The number of nitrogens with one attached hydrogen (secondary N) is 1. The highest BCUT2D eigenvalue weighted by Gasteiger charge is 2.16. The molecule has 6 heteroatoms. The molecule has 0 saturated carbocycles. The lowest BCUT2D eigenvalue weighted by Gasteiger charge is -2.32. The summed E-state index contributed by atoms with van der Waals surface area (Å²) in [6.45, 7) is 5.10. The molecule has 28 heavy (non-hydrogen) atoms. The molecule has 4 rings (SSSR count). The molecule has 0 unspecified atom stereocenters. The molecular formula is C22H26N4O2. The smallest absolute Gasteiger partial charge is 0.247 e. The number of benzene rings is 2. The van der Waals surface area contributed by atoms with Gasteiger partial charge >= 0.3 is 0 Å². The largest absolute Gasteiger partial charge is 0.497 e. The Morgan fingerprint density at radius 1 is 1.11 bits per heavy atom. The average molecular weight is 378 g/mol. The average Bonchev–Trinajstić information content (AvgIpc) is 3.22. The Hall–Kier alpha value is -3.02. The topological polar surface area (TPSA) is 63.4 Å². The summed E-state index contributed by atoms with van der Waals surface area (Å²) in [6.07, 6.45) is 2.54. The van der Waals surface area contributed by atoms with Crippen LogP contribution in [-0.2, 0) is 6.54 Å². The molecule has 0 bridgehead atoms. The van der Waals surface area contributed by atoms with Crippen LogP contribution < -0.4 is 15.0 Å². The van der Waals surface area contributed by atoms with Gasteiger partial charge in [-0.3, -0.25) is 0 Å². The van der Waals surface area contributed by atoms with Crippen LogP contribution in [0.1, 0.15) is 25.7 Å². The molecule has 0 aliphatic carbocycles. The van der Waals surface area contributed by atoms with E-state index >= 15 is 0 Å². The van der Waals surface area contributed by atoms with Gasteiger partial charge in [0.05, 0.1) is 13.7 Å². The van der Waals surface area contributed by atoms with Gasteiger partial charge < -0.3 is 19.4 Å². The first-order chi connectivity index (χ1) is 13.7. The standard InChI is InChI=1S/C22H26N4O2/c1-16-10-12-26(13-11-16)19-8-6-18(7-9-19)23-15-21-24-25-22(28-21)17-4-3-5-20(14-17)27-2/h3-9,14,16,23H,10-13,15H2,1-2H3. The SMILES string of the molecule is COc1cccc(-c2nnc(CNc3ccc(N4CCC(C)CC4)cc3)o2)c1. The number of hydrogen-bond donors (Lipinski definition) is 1. The van der Waals surface area contributed by atoms with E-state index in [1.807, 2.05) is 24.3 Å². The molecule has 1 saturated heterocycles. The molecule has 1 aliphatic heterocycles. The van der Waals surface area contributed by atoms with Gasteiger partial charge in [0.15, 0.2) is 0 Å². The Bertz CT molecular complexity index is 899. The molecular weight excluding hydrogens is 352 g/mol. The fourth-order valence-corrected chi connectivity index (χ4v) is 3.43. The van der Waals surface area contributed by atoms with E-state index in [0.717, 1.165) is 36.0 Å². The van der Waals surface area contributed by atoms with Crippen LogP contribution in [0.4, 0.5) is 11.4 Å². The van der Waals surface area contributed by atoms with Gasteiger partial charge in [0.25, 0.3) is 0 Å². The molecule has 2 heterocycles. The normalized spacial score (nSPS) is 14.9. The van der Waals surface area contributed by atoms with Crippen molar-refractivity contribution in [2.45, 2.75) is 26.3 Å². The molecule has 1 fully saturated rings. The minimum atomic E-state index is 0.484. The zero-order chi connectivity index (χ0) is 19.3. The lowest BCUT2D eigenvalue weighted by Crippen LogP contribution is -2.32. The highest BCUT2D eigenvalue weighted by Crippen LogP contribution is 2.25. The molecule has 0 atom stereocenters. The molecule has 1 aliphatic rings. The third-order valence-electron chi connectivity index (χ3n) is 5.24. The molecule has 0 radical (unpaired) electrons. The number of hydrogen-bond acceptors (Lipinski definition) is 6. The maximum Gasteiger partial charge on any atom is 0.247 e. The molecule has 1 aromatic heterocycles. The van der Waals surface area contributed by atoms with Crippen molar-refractivity contribution in [2.24, 2.45) is 5.92 Å². The summed E-state index contributed by atoms with van der Waals surface area (Å²) in [6, 6.07) is 16.1. The maximum absolute atomic E-state index is 5.77. The second-order valence-electron chi connectivity index (χ2n) is 7.30. The Labute approximate surface area is 165 Å². The molecule has 1 N–H and O–H groups in total. The van der Waals surface area contributed by atoms with Crippen molar-refractivity contribution in [3.05, 3.63) is 54.4 Å². The summed E-state index contributed by atoms with van der Waals surface area (Å²) in [5.74, 6) is 2.64. The third kappa shape index (κ3) is 4.27. The predicted molar refractivity (Wildman–Crippen MR) is 111 cm³/mol. The van der Waals surface area contributed by atoms with Crippen LogP contribution in [0.2, 0.25) is 0 Å². The van der Waals surface area contributed by atoms with Crippen molar-refractivity contribution in [2.75, 3.05) is 30.4 Å². The number of piperidine rings is 1. The first-order valence-corrected chi connectivity index (χ1v) is 9.77. The molecule has 2 aromatic carbocycles. The van der Waals surface area contributed by atoms with Crippen molar-refractivity contribution < 1.29 is 9.15 Å².